The van der Waals surface area contributed by atoms with Crippen molar-refractivity contribution in [3.05, 3.63) is 0 Å². The fraction of sp³-hybridized carbons (Fsp3) is 0.667. The number of hydrogen-bond acceptors (Lipinski definition) is 1. The molecule has 0 aliphatic heterocycles. The summed E-state index contributed by atoms with van der Waals surface area (Å²) in [5, 5.41) is 2.78. The molecule has 1 N–H and O–H groups in total. The lowest BCUT2D eigenvalue weighted by molar-refractivity contribution is -0.121. The molecule has 2 heteroatoms. The van der Waals surface area contributed by atoms with Crippen molar-refractivity contribution in [2.24, 2.45) is 0 Å². The van der Waals surface area contributed by atoms with Crippen LogP contribution in [0.4, 0.5) is 0 Å². The smallest absolute Gasteiger partial charge is 0.220 e. The van der Waals surface area contributed by atoms with Gasteiger partial charge in [0.1, 0.15) is 0 Å². The molecule has 0 unspecified atom stereocenters. The zero-order chi connectivity index (χ0) is 8.53. The molecule has 2 nitrogen and oxygen atoms in total. The van der Waals surface area contributed by atoms with Gasteiger partial charge in [-0.15, -0.1) is 12.3 Å². The summed E-state index contributed by atoms with van der Waals surface area (Å²) in [5.41, 5.74) is 0. The Morgan fingerprint density at radius 2 is 2.36 bits per heavy atom. The van der Waals surface area contributed by atoms with Crippen LogP contribution in [-0.4, -0.2) is 12.5 Å². The Morgan fingerprint density at radius 1 is 1.64 bits per heavy atom. The summed E-state index contributed by atoms with van der Waals surface area (Å²) in [7, 11) is 0. The van der Waals surface area contributed by atoms with E-state index in [-0.39, 0.29) is 5.91 Å². The van der Waals surface area contributed by atoms with E-state index < -0.39 is 0 Å². The molecule has 0 bridgehead atoms. The van der Waals surface area contributed by atoms with E-state index in [1.54, 1.807) is 0 Å². The number of hydrogen-bond donors (Lipinski definition) is 1. The van der Waals surface area contributed by atoms with E-state index in [0.29, 0.717) is 12.8 Å². The minimum Gasteiger partial charge on any atom is -0.356 e. The Kier molecular flexibility index (Phi) is 6.51. The molecule has 0 radical (unpaired) electrons. The standard InChI is InChI=1S/C9H15NO/c1-3-5-6-7-9(11)10-8-4-2/h1H,4-8H2,2H3,(H,10,11). The first kappa shape index (κ1) is 10.0. The molecule has 1 amide bonds. The number of rotatable bonds is 5. The lowest BCUT2D eigenvalue weighted by Gasteiger charge is -2.00. The molecular weight excluding hydrogens is 138 g/mol. The van der Waals surface area contributed by atoms with Crippen LogP contribution in [0.1, 0.15) is 32.6 Å². The first-order valence-corrected chi connectivity index (χ1v) is 4.01. The molecule has 0 spiro atoms. The number of carbonyl (C=O) groups excluding carboxylic acids is 1. The number of carbonyl (C=O) groups is 1. The summed E-state index contributed by atoms with van der Waals surface area (Å²) >= 11 is 0. The molecule has 0 fully saturated rings. The fourth-order valence-electron chi connectivity index (χ4n) is 0.704. The third-order valence-corrected chi connectivity index (χ3v) is 1.30. The highest BCUT2D eigenvalue weighted by Gasteiger charge is 1.96. The predicted molar refractivity (Wildman–Crippen MR) is 46.0 cm³/mol. The fourth-order valence-corrected chi connectivity index (χ4v) is 0.704. The monoisotopic (exact) mass is 153 g/mol. The van der Waals surface area contributed by atoms with Crippen LogP contribution in [-0.2, 0) is 4.79 Å². The van der Waals surface area contributed by atoms with Gasteiger partial charge in [-0.3, -0.25) is 4.79 Å². The van der Waals surface area contributed by atoms with E-state index in [1.165, 1.54) is 0 Å². The van der Waals surface area contributed by atoms with Crippen molar-refractivity contribution in [3.8, 4) is 12.3 Å². The average molecular weight is 153 g/mol. The second-order valence-electron chi connectivity index (χ2n) is 2.41. The Labute approximate surface area is 68.4 Å². The maximum atomic E-state index is 10.9. The highest BCUT2D eigenvalue weighted by molar-refractivity contribution is 5.75. The van der Waals surface area contributed by atoms with Crippen LogP contribution >= 0.6 is 0 Å². The molecule has 62 valence electrons. The van der Waals surface area contributed by atoms with E-state index in [2.05, 4.69) is 11.2 Å². The third kappa shape index (κ3) is 6.92. The van der Waals surface area contributed by atoms with Crippen molar-refractivity contribution in [2.45, 2.75) is 32.6 Å². The van der Waals surface area contributed by atoms with E-state index in [0.717, 1.165) is 19.4 Å². The van der Waals surface area contributed by atoms with Crippen LogP contribution < -0.4 is 5.32 Å². The van der Waals surface area contributed by atoms with Gasteiger partial charge >= 0.3 is 0 Å². The van der Waals surface area contributed by atoms with Gasteiger partial charge in [0.05, 0.1) is 0 Å². The van der Waals surface area contributed by atoms with E-state index >= 15 is 0 Å². The van der Waals surface area contributed by atoms with Crippen molar-refractivity contribution >= 4 is 5.91 Å². The van der Waals surface area contributed by atoms with Gasteiger partial charge in [0.2, 0.25) is 5.91 Å². The Bertz CT molecular complexity index is 146. The SMILES string of the molecule is C#CCCCC(=O)NCCC. The normalized spacial score (nSPS) is 8.73. The van der Waals surface area contributed by atoms with Crippen molar-refractivity contribution in [2.75, 3.05) is 6.54 Å². The Balaban J connectivity index is 3.17. The summed E-state index contributed by atoms with van der Waals surface area (Å²) in [6, 6.07) is 0. The van der Waals surface area contributed by atoms with Gasteiger partial charge < -0.3 is 5.32 Å². The largest absolute Gasteiger partial charge is 0.356 e. The molecule has 0 saturated carbocycles. The molecule has 0 aromatic rings. The molecule has 0 atom stereocenters. The Hall–Kier alpha value is -0.970. The van der Waals surface area contributed by atoms with Crippen LogP contribution in [0.3, 0.4) is 0 Å². The highest BCUT2D eigenvalue weighted by atomic mass is 16.1. The molecular formula is C9H15NO. The second kappa shape index (κ2) is 7.14. The predicted octanol–water partition coefficient (Wildman–Crippen LogP) is 1.32. The molecule has 0 saturated heterocycles. The summed E-state index contributed by atoms with van der Waals surface area (Å²) in [4.78, 5) is 10.9. The molecule has 0 aliphatic carbocycles. The van der Waals surface area contributed by atoms with Crippen LogP contribution in [0, 0.1) is 12.3 Å². The van der Waals surface area contributed by atoms with E-state index in [9.17, 15) is 4.79 Å². The number of unbranched alkanes of at least 4 members (excludes halogenated alkanes) is 1. The van der Waals surface area contributed by atoms with Crippen molar-refractivity contribution in [1.29, 1.82) is 0 Å². The van der Waals surface area contributed by atoms with Gasteiger partial charge in [-0.25, -0.2) is 0 Å². The maximum absolute atomic E-state index is 10.9. The highest BCUT2D eigenvalue weighted by Crippen LogP contribution is 1.92. The summed E-state index contributed by atoms with van der Waals surface area (Å²) in [5.74, 6) is 2.61. The van der Waals surface area contributed by atoms with Gasteiger partial charge in [-0.2, -0.15) is 0 Å². The van der Waals surface area contributed by atoms with Gasteiger partial charge in [-0.1, -0.05) is 6.92 Å². The second-order valence-corrected chi connectivity index (χ2v) is 2.41. The lowest BCUT2D eigenvalue weighted by Crippen LogP contribution is -2.23. The summed E-state index contributed by atoms with van der Waals surface area (Å²) in [6.07, 6.45) is 8.07. The summed E-state index contributed by atoms with van der Waals surface area (Å²) in [6.45, 7) is 2.80. The van der Waals surface area contributed by atoms with Crippen LogP contribution in [0.15, 0.2) is 0 Å². The first-order chi connectivity index (χ1) is 5.31. The minimum absolute atomic E-state index is 0.113. The van der Waals surface area contributed by atoms with Crippen molar-refractivity contribution < 1.29 is 4.79 Å². The van der Waals surface area contributed by atoms with Crippen LogP contribution in [0.2, 0.25) is 0 Å². The van der Waals surface area contributed by atoms with Crippen LogP contribution in [0.25, 0.3) is 0 Å². The zero-order valence-electron chi connectivity index (χ0n) is 7.02. The van der Waals surface area contributed by atoms with Gasteiger partial charge in [-0.05, 0) is 12.8 Å². The van der Waals surface area contributed by atoms with Crippen molar-refractivity contribution in [1.82, 2.24) is 5.32 Å². The topological polar surface area (TPSA) is 29.1 Å². The molecule has 0 rings (SSSR count). The maximum Gasteiger partial charge on any atom is 0.220 e. The lowest BCUT2D eigenvalue weighted by atomic mass is 10.2. The quantitative estimate of drug-likeness (QED) is 0.468. The first-order valence-electron chi connectivity index (χ1n) is 4.01. The number of amides is 1. The minimum atomic E-state index is 0.113. The third-order valence-electron chi connectivity index (χ3n) is 1.30. The molecule has 0 heterocycles. The van der Waals surface area contributed by atoms with Crippen LogP contribution in [0.5, 0.6) is 0 Å². The van der Waals surface area contributed by atoms with E-state index in [4.69, 9.17) is 6.42 Å². The van der Waals surface area contributed by atoms with Gasteiger partial charge in [0, 0.05) is 19.4 Å². The molecule has 0 aromatic heterocycles. The Morgan fingerprint density at radius 3 is 2.91 bits per heavy atom. The molecule has 0 aliphatic rings. The average Bonchev–Trinajstić information content (AvgIpc) is 2.01. The number of nitrogens with one attached hydrogen (secondary N) is 1. The van der Waals surface area contributed by atoms with Crippen molar-refractivity contribution in [3.63, 3.8) is 0 Å². The van der Waals surface area contributed by atoms with E-state index in [1.807, 2.05) is 6.92 Å². The summed E-state index contributed by atoms with van der Waals surface area (Å²) < 4.78 is 0. The zero-order valence-corrected chi connectivity index (χ0v) is 7.02. The van der Waals surface area contributed by atoms with Gasteiger partial charge in [0.25, 0.3) is 0 Å². The molecule has 11 heavy (non-hydrogen) atoms. The molecule has 0 aromatic carbocycles. The van der Waals surface area contributed by atoms with Gasteiger partial charge in [0.15, 0.2) is 0 Å². The number of terminal acetylenes is 1.